The van der Waals surface area contributed by atoms with Gasteiger partial charge < -0.3 is 19.7 Å². The average molecular weight is 453 g/mol. The van der Waals surface area contributed by atoms with Crippen molar-refractivity contribution >= 4 is 20.2 Å². The van der Waals surface area contributed by atoms with Gasteiger partial charge in [0.2, 0.25) is 0 Å². The fourth-order valence-electron chi connectivity index (χ4n) is 5.51. The minimum atomic E-state index is 0.473. The van der Waals surface area contributed by atoms with Crippen LogP contribution >= 0.6 is 9.24 Å². The summed E-state index contributed by atoms with van der Waals surface area (Å²) in [5.41, 5.74) is 2.65. The van der Waals surface area contributed by atoms with Gasteiger partial charge in [0.15, 0.2) is 0 Å². The number of nitrogens with one attached hydrogen (secondary N) is 1. The molecule has 2 saturated carbocycles. The first-order valence-electron chi connectivity index (χ1n) is 12.4. The third kappa shape index (κ3) is 5.24. The number of benzene rings is 2. The Morgan fingerprint density at radius 2 is 1.62 bits per heavy atom. The lowest BCUT2D eigenvalue weighted by molar-refractivity contribution is 0.118. The molecule has 32 heavy (non-hydrogen) atoms. The molecule has 0 spiro atoms. The highest BCUT2D eigenvalue weighted by atomic mass is 31.0. The first-order valence-corrected chi connectivity index (χ1v) is 13.0. The zero-order chi connectivity index (χ0) is 21.9. The van der Waals surface area contributed by atoms with Crippen LogP contribution in [0.2, 0.25) is 0 Å². The number of piperidine rings is 1. The quantitative estimate of drug-likeness (QED) is 0.575. The van der Waals surface area contributed by atoms with Crippen molar-refractivity contribution < 1.29 is 9.47 Å². The third-order valence-electron chi connectivity index (χ3n) is 7.52. The van der Waals surface area contributed by atoms with Gasteiger partial charge in [-0.2, -0.15) is 0 Å². The maximum Gasteiger partial charge on any atom is 0.126 e. The summed E-state index contributed by atoms with van der Waals surface area (Å²) >= 11 is 0. The minimum absolute atomic E-state index is 0.473. The van der Waals surface area contributed by atoms with E-state index in [0.29, 0.717) is 18.1 Å². The average Bonchev–Trinajstić information content (AvgIpc) is 3.64. The highest BCUT2D eigenvalue weighted by molar-refractivity contribution is 7.27. The van der Waals surface area contributed by atoms with E-state index in [9.17, 15) is 0 Å². The monoisotopic (exact) mass is 452 g/mol. The lowest BCUT2D eigenvalue weighted by Crippen LogP contribution is -2.44. The second-order valence-corrected chi connectivity index (χ2v) is 10.4. The molecule has 3 aliphatic rings. The molecule has 2 aromatic carbocycles. The molecule has 0 aromatic heterocycles. The van der Waals surface area contributed by atoms with Gasteiger partial charge in [0.1, 0.15) is 11.5 Å². The third-order valence-corrected chi connectivity index (χ3v) is 7.97. The zero-order valence-electron chi connectivity index (χ0n) is 19.3. The highest BCUT2D eigenvalue weighted by Crippen LogP contribution is 2.38. The van der Waals surface area contributed by atoms with Crippen LogP contribution in [0.15, 0.2) is 42.5 Å². The molecule has 1 N–H and O–H groups in total. The number of anilines is 1. The molecule has 4 nitrogen and oxygen atoms in total. The van der Waals surface area contributed by atoms with Crippen LogP contribution in [0.25, 0.3) is 0 Å². The zero-order valence-corrected chi connectivity index (χ0v) is 20.4. The molecule has 5 heteroatoms. The van der Waals surface area contributed by atoms with Gasteiger partial charge in [-0.1, -0.05) is 18.2 Å². The standard InChI is InChI=1S/C27H37N2O2P/c1-30-26-13-8-21(18-27(26)32)28-20-6-9-22(10-7-20)29-16-14-19(15-17-29)24-4-2-3-5-25(24)31-23-11-12-23/h2-5,8,13,18-20,22-23,28H,6-7,9-12,14-17,32H2,1H3. The van der Waals surface area contributed by atoms with E-state index in [2.05, 4.69) is 55.9 Å². The van der Waals surface area contributed by atoms with E-state index in [4.69, 9.17) is 9.47 Å². The number of methoxy groups -OCH3 is 1. The molecule has 0 amide bonds. The van der Waals surface area contributed by atoms with Gasteiger partial charge in [-0.25, -0.2) is 0 Å². The molecule has 2 aromatic rings. The normalized spacial score (nSPS) is 24.8. The number of hydrogen-bond donors (Lipinski definition) is 1. The molecule has 2 aliphatic carbocycles. The lowest BCUT2D eigenvalue weighted by atomic mass is 9.85. The lowest BCUT2D eigenvalue weighted by Gasteiger charge is -2.41. The Bertz CT molecular complexity index is 900. The fourth-order valence-corrected chi connectivity index (χ4v) is 5.90. The molecule has 1 atom stereocenters. The second-order valence-electron chi connectivity index (χ2n) is 9.77. The topological polar surface area (TPSA) is 33.7 Å². The summed E-state index contributed by atoms with van der Waals surface area (Å²) in [6, 6.07) is 16.5. The van der Waals surface area contributed by atoms with Crippen LogP contribution < -0.4 is 20.1 Å². The molecular weight excluding hydrogens is 415 g/mol. The van der Waals surface area contributed by atoms with E-state index >= 15 is 0 Å². The molecule has 1 saturated heterocycles. The van der Waals surface area contributed by atoms with Gasteiger partial charge in [0.25, 0.3) is 0 Å². The number of para-hydroxylation sites is 1. The molecule has 0 bridgehead atoms. The van der Waals surface area contributed by atoms with Crippen LogP contribution in [-0.4, -0.2) is 43.3 Å². The van der Waals surface area contributed by atoms with Crippen molar-refractivity contribution in [2.75, 3.05) is 25.5 Å². The van der Waals surface area contributed by atoms with E-state index in [1.807, 2.05) is 6.07 Å². The van der Waals surface area contributed by atoms with Crippen LogP contribution in [0.1, 0.15) is 62.8 Å². The largest absolute Gasteiger partial charge is 0.496 e. The van der Waals surface area contributed by atoms with Crippen molar-refractivity contribution in [1.29, 1.82) is 0 Å². The first kappa shape index (κ1) is 22.0. The Labute approximate surface area is 195 Å². The highest BCUT2D eigenvalue weighted by Gasteiger charge is 2.31. The number of likely N-dealkylation sites (tertiary alicyclic amines) is 1. The Kier molecular flexibility index (Phi) is 6.90. The Morgan fingerprint density at radius 3 is 2.31 bits per heavy atom. The molecule has 3 fully saturated rings. The SMILES string of the molecule is COc1ccc(NC2CCC(N3CCC(c4ccccc4OC4CC4)CC3)CC2)cc1P. The number of nitrogens with zero attached hydrogens (tertiary/aromatic N) is 1. The van der Waals surface area contributed by atoms with Crippen LogP contribution in [0.5, 0.6) is 11.5 Å². The summed E-state index contributed by atoms with van der Waals surface area (Å²) in [5.74, 6) is 2.72. The Balaban J connectivity index is 1.10. The maximum absolute atomic E-state index is 6.20. The summed E-state index contributed by atoms with van der Waals surface area (Å²) in [7, 11) is 4.49. The number of rotatable bonds is 7. The van der Waals surface area contributed by atoms with E-state index in [0.717, 1.165) is 22.8 Å². The molecule has 5 rings (SSSR count). The van der Waals surface area contributed by atoms with Crippen molar-refractivity contribution in [2.45, 2.75) is 75.5 Å². The molecule has 1 aliphatic heterocycles. The molecule has 0 radical (unpaired) electrons. The van der Waals surface area contributed by atoms with Crippen molar-refractivity contribution in [3.05, 3.63) is 48.0 Å². The fraction of sp³-hybridized carbons (Fsp3) is 0.556. The van der Waals surface area contributed by atoms with Gasteiger partial charge in [0, 0.05) is 23.1 Å². The van der Waals surface area contributed by atoms with E-state index < -0.39 is 0 Å². The van der Waals surface area contributed by atoms with Crippen molar-refractivity contribution in [1.82, 2.24) is 4.90 Å². The smallest absolute Gasteiger partial charge is 0.126 e. The molecule has 1 unspecified atom stereocenters. The molecular formula is C27H37N2O2P. The van der Waals surface area contributed by atoms with E-state index in [-0.39, 0.29) is 0 Å². The molecule has 172 valence electrons. The van der Waals surface area contributed by atoms with Crippen LogP contribution in [-0.2, 0) is 0 Å². The van der Waals surface area contributed by atoms with Crippen molar-refractivity contribution in [2.24, 2.45) is 0 Å². The number of ether oxygens (including phenoxy) is 2. The Morgan fingerprint density at radius 1 is 0.875 bits per heavy atom. The predicted octanol–water partition coefficient (Wildman–Crippen LogP) is 5.34. The second kappa shape index (κ2) is 10.0. The van der Waals surface area contributed by atoms with Crippen molar-refractivity contribution in [3.63, 3.8) is 0 Å². The van der Waals surface area contributed by atoms with E-state index in [1.165, 1.54) is 75.7 Å². The van der Waals surface area contributed by atoms with Crippen LogP contribution in [0.4, 0.5) is 5.69 Å². The van der Waals surface area contributed by atoms with Gasteiger partial charge >= 0.3 is 0 Å². The van der Waals surface area contributed by atoms with Gasteiger partial charge in [-0.05, 0) is 100 Å². The van der Waals surface area contributed by atoms with E-state index in [1.54, 1.807) is 7.11 Å². The summed E-state index contributed by atoms with van der Waals surface area (Å²) in [6.45, 7) is 2.44. The summed E-state index contributed by atoms with van der Waals surface area (Å²) < 4.78 is 11.6. The van der Waals surface area contributed by atoms with Crippen LogP contribution in [0, 0.1) is 0 Å². The maximum atomic E-state index is 6.20. The summed E-state index contributed by atoms with van der Waals surface area (Å²) in [5, 5.41) is 4.86. The van der Waals surface area contributed by atoms with Crippen molar-refractivity contribution in [3.8, 4) is 11.5 Å². The van der Waals surface area contributed by atoms with Gasteiger partial charge in [0.05, 0.1) is 13.2 Å². The molecule has 1 heterocycles. The summed E-state index contributed by atoms with van der Waals surface area (Å²) in [4.78, 5) is 2.77. The van der Waals surface area contributed by atoms with Gasteiger partial charge in [-0.3, -0.25) is 0 Å². The predicted molar refractivity (Wildman–Crippen MR) is 136 cm³/mol. The minimum Gasteiger partial charge on any atom is -0.496 e. The Hall–Kier alpha value is -1.77. The summed E-state index contributed by atoms with van der Waals surface area (Å²) in [6.07, 6.45) is 10.5. The van der Waals surface area contributed by atoms with Gasteiger partial charge in [-0.15, -0.1) is 9.24 Å². The first-order chi connectivity index (χ1) is 15.7. The number of hydrogen-bond acceptors (Lipinski definition) is 4. The van der Waals surface area contributed by atoms with Crippen LogP contribution in [0.3, 0.4) is 0 Å².